The van der Waals surface area contributed by atoms with Crippen molar-refractivity contribution in [2.75, 3.05) is 26.2 Å². The lowest BCUT2D eigenvalue weighted by Crippen LogP contribution is -2.45. The van der Waals surface area contributed by atoms with Crippen molar-refractivity contribution >= 4 is 18.3 Å². The Hall–Kier alpha value is -2.81. The summed E-state index contributed by atoms with van der Waals surface area (Å²) in [5, 5.41) is 20.1. The highest BCUT2D eigenvalue weighted by atomic mass is 35.5. The van der Waals surface area contributed by atoms with Gasteiger partial charge in [-0.15, -0.1) is 22.6 Å². The molecule has 1 unspecified atom stereocenters. The minimum absolute atomic E-state index is 0. The van der Waals surface area contributed by atoms with Gasteiger partial charge in [0.15, 0.2) is 0 Å². The van der Waals surface area contributed by atoms with Crippen LogP contribution in [0.2, 0.25) is 0 Å². The maximum absolute atomic E-state index is 12.3. The highest BCUT2D eigenvalue weighted by Gasteiger charge is 2.15. The van der Waals surface area contributed by atoms with Crippen molar-refractivity contribution in [3.8, 4) is 22.5 Å². The van der Waals surface area contributed by atoms with Crippen LogP contribution in [0.25, 0.3) is 22.5 Å². The van der Waals surface area contributed by atoms with Crippen LogP contribution in [-0.4, -0.2) is 58.9 Å². The van der Waals surface area contributed by atoms with E-state index >= 15 is 0 Å². The van der Waals surface area contributed by atoms with Crippen LogP contribution in [0.5, 0.6) is 0 Å². The van der Waals surface area contributed by atoms with Crippen LogP contribution in [0.15, 0.2) is 48.5 Å². The Bertz CT molecular complexity index is 878. The zero-order chi connectivity index (χ0) is 18.5. The normalized spacial score (nSPS) is 16.2. The van der Waals surface area contributed by atoms with Crippen LogP contribution in [0.3, 0.4) is 0 Å². The van der Waals surface area contributed by atoms with Gasteiger partial charge in [-0.2, -0.15) is 5.21 Å². The maximum Gasteiger partial charge on any atom is 0.251 e. The number of amides is 1. The topological polar surface area (TPSA) is 105 Å². The van der Waals surface area contributed by atoms with E-state index in [-0.39, 0.29) is 24.4 Å². The predicted octanol–water partition coefficient (Wildman–Crippen LogP) is 1.67. The molecule has 1 saturated heterocycles. The lowest BCUT2D eigenvalue weighted by atomic mass is 10.0. The third-order valence-electron chi connectivity index (χ3n) is 4.46. The molecule has 8 nitrogen and oxygen atoms in total. The molecule has 1 fully saturated rings. The van der Waals surface area contributed by atoms with Crippen molar-refractivity contribution < 1.29 is 9.53 Å². The molecule has 0 aliphatic carbocycles. The third-order valence-corrected chi connectivity index (χ3v) is 4.46. The second-order valence-electron chi connectivity index (χ2n) is 6.30. The summed E-state index contributed by atoms with van der Waals surface area (Å²) in [5.74, 6) is 0.467. The lowest BCUT2D eigenvalue weighted by molar-refractivity contribution is 0.0287. The number of hydrogen-bond acceptors (Lipinski definition) is 6. The molecule has 1 aliphatic heterocycles. The van der Waals surface area contributed by atoms with Gasteiger partial charge < -0.3 is 15.4 Å². The van der Waals surface area contributed by atoms with E-state index in [0.29, 0.717) is 24.5 Å². The summed E-state index contributed by atoms with van der Waals surface area (Å²) in [6.45, 7) is 2.81. The van der Waals surface area contributed by atoms with E-state index in [4.69, 9.17) is 4.74 Å². The fourth-order valence-electron chi connectivity index (χ4n) is 2.97. The number of benzene rings is 2. The quantitative estimate of drug-likeness (QED) is 0.601. The van der Waals surface area contributed by atoms with Gasteiger partial charge in [-0.3, -0.25) is 4.79 Å². The van der Waals surface area contributed by atoms with Crippen molar-refractivity contribution in [1.82, 2.24) is 31.3 Å². The average molecular weight is 401 g/mol. The van der Waals surface area contributed by atoms with Gasteiger partial charge >= 0.3 is 0 Å². The molecular formula is C19H21ClN6O2. The lowest BCUT2D eigenvalue weighted by Gasteiger charge is -2.23. The maximum atomic E-state index is 12.3. The summed E-state index contributed by atoms with van der Waals surface area (Å²) in [4.78, 5) is 12.3. The van der Waals surface area contributed by atoms with E-state index in [1.807, 2.05) is 48.5 Å². The number of H-pyrrole nitrogens is 1. The van der Waals surface area contributed by atoms with Crippen LogP contribution < -0.4 is 10.6 Å². The molecule has 9 heteroatoms. The van der Waals surface area contributed by atoms with Crippen molar-refractivity contribution in [2.24, 2.45) is 0 Å². The summed E-state index contributed by atoms with van der Waals surface area (Å²) in [6, 6.07) is 15.4. The van der Waals surface area contributed by atoms with Gasteiger partial charge in [-0.25, -0.2) is 0 Å². The number of halogens is 1. The van der Waals surface area contributed by atoms with Gasteiger partial charge in [0.1, 0.15) is 0 Å². The largest absolute Gasteiger partial charge is 0.374 e. The van der Waals surface area contributed by atoms with Crippen LogP contribution >= 0.6 is 12.4 Å². The van der Waals surface area contributed by atoms with Gasteiger partial charge in [-0.1, -0.05) is 36.4 Å². The van der Waals surface area contributed by atoms with Crippen LogP contribution in [0.4, 0.5) is 0 Å². The standard InChI is InChI=1S/C19H20N6O2.ClH/c26-19(21-12-17-11-20-9-10-27-17)16-7-3-14(4-8-16)13-1-5-15(6-2-13)18-22-24-25-23-18;/h1-8,17,20H,9-12H2,(H,21,26)(H,22,23,24,25);1H. The number of hydrogen-bond donors (Lipinski definition) is 3. The van der Waals surface area contributed by atoms with E-state index in [1.54, 1.807) is 0 Å². The molecule has 1 aromatic heterocycles. The highest BCUT2D eigenvalue weighted by molar-refractivity contribution is 5.94. The highest BCUT2D eigenvalue weighted by Crippen LogP contribution is 2.23. The molecule has 2 aromatic carbocycles. The molecule has 1 aliphatic rings. The first-order valence-corrected chi connectivity index (χ1v) is 8.84. The zero-order valence-corrected chi connectivity index (χ0v) is 15.9. The Labute approximate surface area is 168 Å². The van der Waals surface area contributed by atoms with Gasteiger partial charge in [-0.05, 0) is 28.5 Å². The molecule has 2 heterocycles. The number of nitrogens with zero attached hydrogens (tertiary/aromatic N) is 3. The molecule has 0 radical (unpaired) electrons. The summed E-state index contributed by atoms with van der Waals surface area (Å²) in [7, 11) is 0. The third kappa shape index (κ3) is 4.72. The SMILES string of the molecule is Cl.O=C(NCC1CNCCO1)c1ccc(-c2ccc(-c3nn[nH]n3)cc2)cc1. The Morgan fingerprint density at radius 2 is 1.75 bits per heavy atom. The molecule has 28 heavy (non-hydrogen) atoms. The molecular weight excluding hydrogens is 380 g/mol. The van der Waals surface area contributed by atoms with E-state index in [1.165, 1.54) is 0 Å². The Morgan fingerprint density at radius 3 is 2.36 bits per heavy atom. The molecule has 3 N–H and O–H groups in total. The first-order chi connectivity index (χ1) is 13.3. The monoisotopic (exact) mass is 400 g/mol. The summed E-state index contributed by atoms with van der Waals surface area (Å²) < 4.78 is 5.59. The molecule has 1 amide bonds. The van der Waals surface area contributed by atoms with Crippen molar-refractivity contribution in [3.63, 3.8) is 0 Å². The van der Waals surface area contributed by atoms with Gasteiger partial charge in [0.2, 0.25) is 5.82 Å². The predicted molar refractivity (Wildman–Crippen MR) is 107 cm³/mol. The molecule has 1 atom stereocenters. The summed E-state index contributed by atoms with van der Waals surface area (Å²) in [6.07, 6.45) is 0.0275. The number of aromatic amines is 1. The second kappa shape index (κ2) is 9.41. The van der Waals surface area contributed by atoms with Gasteiger partial charge in [0.25, 0.3) is 5.91 Å². The van der Waals surface area contributed by atoms with Crippen molar-refractivity contribution in [1.29, 1.82) is 0 Å². The number of morpholine rings is 1. The van der Waals surface area contributed by atoms with Crippen LogP contribution in [0, 0.1) is 0 Å². The molecule has 0 saturated carbocycles. The zero-order valence-electron chi connectivity index (χ0n) is 15.1. The first-order valence-electron chi connectivity index (χ1n) is 8.84. The average Bonchev–Trinajstić information content (AvgIpc) is 3.28. The van der Waals surface area contributed by atoms with E-state index in [9.17, 15) is 4.79 Å². The summed E-state index contributed by atoms with van der Waals surface area (Å²) >= 11 is 0. The van der Waals surface area contributed by atoms with Gasteiger partial charge in [0, 0.05) is 30.8 Å². The molecule has 146 valence electrons. The van der Waals surface area contributed by atoms with Crippen LogP contribution in [-0.2, 0) is 4.74 Å². The number of ether oxygens (including phenoxy) is 1. The Morgan fingerprint density at radius 1 is 1.07 bits per heavy atom. The Kier molecular flexibility index (Phi) is 6.70. The molecule has 0 bridgehead atoms. The number of nitrogens with one attached hydrogen (secondary N) is 3. The number of aromatic nitrogens is 4. The number of carbonyl (C=O) groups is 1. The molecule has 4 rings (SSSR count). The van der Waals surface area contributed by atoms with Crippen LogP contribution in [0.1, 0.15) is 10.4 Å². The minimum atomic E-state index is -0.0943. The smallest absolute Gasteiger partial charge is 0.251 e. The van der Waals surface area contributed by atoms with E-state index in [0.717, 1.165) is 29.8 Å². The first kappa shape index (κ1) is 19.9. The fraction of sp³-hybridized carbons (Fsp3) is 0.263. The van der Waals surface area contributed by atoms with E-state index in [2.05, 4.69) is 31.3 Å². The fourth-order valence-corrected chi connectivity index (χ4v) is 2.97. The van der Waals surface area contributed by atoms with Crippen molar-refractivity contribution in [2.45, 2.75) is 6.10 Å². The second-order valence-corrected chi connectivity index (χ2v) is 6.30. The minimum Gasteiger partial charge on any atom is -0.374 e. The molecule has 3 aromatic rings. The number of carbonyl (C=O) groups excluding carboxylic acids is 1. The molecule has 0 spiro atoms. The number of tetrazole rings is 1. The number of rotatable bonds is 5. The Balaban J connectivity index is 0.00000225. The van der Waals surface area contributed by atoms with Crippen molar-refractivity contribution in [3.05, 3.63) is 54.1 Å². The summed E-state index contributed by atoms with van der Waals surface area (Å²) in [5.41, 5.74) is 3.61. The van der Waals surface area contributed by atoms with Gasteiger partial charge in [0.05, 0.1) is 12.7 Å². The van der Waals surface area contributed by atoms with E-state index < -0.39 is 0 Å².